The van der Waals surface area contributed by atoms with Crippen molar-refractivity contribution in [3.05, 3.63) is 22.7 Å². The molecule has 5 heteroatoms. The first-order chi connectivity index (χ1) is 7.13. The Hall–Kier alpha value is -0.450. The van der Waals surface area contributed by atoms with Gasteiger partial charge in [0, 0.05) is 4.47 Å². The standard InChI is InChI=1S/C11H14BrNO2.ClH/c1-14-10-6-8(12)2-3-9(10)15-7-11(13)4-5-11;/h2-3,6H,4-5,7,13H2,1H3;1H. The summed E-state index contributed by atoms with van der Waals surface area (Å²) < 4.78 is 11.8. The molecule has 0 aromatic heterocycles. The fourth-order valence-electron chi connectivity index (χ4n) is 1.29. The predicted molar refractivity (Wildman–Crippen MR) is 69.6 cm³/mol. The molecule has 3 nitrogen and oxygen atoms in total. The van der Waals surface area contributed by atoms with Crippen molar-refractivity contribution in [2.45, 2.75) is 18.4 Å². The minimum Gasteiger partial charge on any atom is -0.493 e. The Balaban J connectivity index is 0.00000128. The van der Waals surface area contributed by atoms with E-state index in [1.54, 1.807) is 7.11 Å². The summed E-state index contributed by atoms with van der Waals surface area (Å²) in [4.78, 5) is 0. The second-order valence-corrected chi connectivity index (χ2v) is 4.86. The molecule has 0 saturated heterocycles. The Bertz CT molecular complexity index is 369. The van der Waals surface area contributed by atoms with Crippen LogP contribution in [0.25, 0.3) is 0 Å². The molecule has 0 atom stereocenters. The molecule has 0 radical (unpaired) electrons. The van der Waals surface area contributed by atoms with E-state index in [0.717, 1.165) is 28.8 Å². The summed E-state index contributed by atoms with van der Waals surface area (Å²) in [6.07, 6.45) is 2.09. The lowest BCUT2D eigenvalue weighted by Crippen LogP contribution is -2.29. The molecule has 2 rings (SSSR count). The Morgan fingerprint density at radius 3 is 2.62 bits per heavy atom. The van der Waals surface area contributed by atoms with E-state index in [4.69, 9.17) is 15.2 Å². The van der Waals surface area contributed by atoms with Crippen molar-refractivity contribution < 1.29 is 9.47 Å². The number of ether oxygens (including phenoxy) is 2. The topological polar surface area (TPSA) is 44.5 Å². The molecule has 1 aromatic rings. The lowest BCUT2D eigenvalue weighted by atomic mass is 10.3. The summed E-state index contributed by atoms with van der Waals surface area (Å²) in [7, 11) is 1.63. The third-order valence-corrected chi connectivity index (χ3v) is 3.03. The molecule has 16 heavy (non-hydrogen) atoms. The number of hydrogen-bond acceptors (Lipinski definition) is 3. The van der Waals surface area contributed by atoms with Crippen LogP contribution in [0.5, 0.6) is 11.5 Å². The van der Waals surface area contributed by atoms with Crippen LogP contribution in [-0.4, -0.2) is 19.3 Å². The van der Waals surface area contributed by atoms with Crippen molar-refractivity contribution in [2.75, 3.05) is 13.7 Å². The quantitative estimate of drug-likeness (QED) is 0.930. The normalized spacial score (nSPS) is 16.2. The molecule has 0 aliphatic heterocycles. The number of methoxy groups -OCH3 is 1. The van der Waals surface area contributed by atoms with Crippen LogP contribution < -0.4 is 15.2 Å². The molecular formula is C11H15BrClNO2. The molecule has 1 aliphatic rings. The van der Waals surface area contributed by atoms with Gasteiger partial charge in [-0.1, -0.05) is 15.9 Å². The van der Waals surface area contributed by atoms with Crippen LogP contribution in [0.3, 0.4) is 0 Å². The minimum atomic E-state index is -0.0991. The van der Waals surface area contributed by atoms with Gasteiger partial charge in [0.25, 0.3) is 0 Å². The first kappa shape index (κ1) is 13.6. The van der Waals surface area contributed by atoms with Gasteiger partial charge in [0.1, 0.15) is 6.61 Å². The van der Waals surface area contributed by atoms with Crippen LogP contribution >= 0.6 is 28.3 Å². The lowest BCUT2D eigenvalue weighted by molar-refractivity contribution is 0.264. The van der Waals surface area contributed by atoms with Gasteiger partial charge >= 0.3 is 0 Å². The average Bonchev–Trinajstić information content (AvgIpc) is 2.95. The van der Waals surface area contributed by atoms with Gasteiger partial charge in [0.2, 0.25) is 0 Å². The zero-order valence-corrected chi connectivity index (χ0v) is 11.4. The van der Waals surface area contributed by atoms with Crippen LogP contribution in [0.1, 0.15) is 12.8 Å². The molecule has 0 spiro atoms. The van der Waals surface area contributed by atoms with E-state index in [1.165, 1.54) is 0 Å². The first-order valence-corrected chi connectivity index (χ1v) is 5.67. The molecule has 0 amide bonds. The summed E-state index contributed by atoms with van der Waals surface area (Å²) in [6.45, 7) is 0.561. The number of benzene rings is 1. The van der Waals surface area contributed by atoms with Crippen molar-refractivity contribution in [1.82, 2.24) is 0 Å². The van der Waals surface area contributed by atoms with Gasteiger partial charge in [-0.25, -0.2) is 0 Å². The number of halogens is 2. The Morgan fingerprint density at radius 2 is 2.06 bits per heavy atom. The fourth-order valence-corrected chi connectivity index (χ4v) is 1.63. The lowest BCUT2D eigenvalue weighted by Gasteiger charge is -2.13. The van der Waals surface area contributed by atoms with Gasteiger partial charge in [0.15, 0.2) is 11.5 Å². The second kappa shape index (κ2) is 5.25. The second-order valence-electron chi connectivity index (χ2n) is 3.95. The molecule has 2 N–H and O–H groups in total. The van der Waals surface area contributed by atoms with Gasteiger partial charge in [-0.2, -0.15) is 0 Å². The molecule has 1 aromatic carbocycles. The molecule has 1 saturated carbocycles. The zero-order valence-electron chi connectivity index (χ0n) is 9.03. The van der Waals surface area contributed by atoms with Crippen LogP contribution in [0, 0.1) is 0 Å². The van der Waals surface area contributed by atoms with Gasteiger partial charge in [-0.15, -0.1) is 12.4 Å². The van der Waals surface area contributed by atoms with E-state index >= 15 is 0 Å². The van der Waals surface area contributed by atoms with Crippen LogP contribution in [0.4, 0.5) is 0 Å². The van der Waals surface area contributed by atoms with Crippen LogP contribution in [0.15, 0.2) is 22.7 Å². The maximum atomic E-state index is 5.94. The third kappa shape index (κ3) is 3.27. The Kier molecular flexibility index (Phi) is 4.47. The van der Waals surface area contributed by atoms with Crippen LogP contribution in [-0.2, 0) is 0 Å². The van der Waals surface area contributed by atoms with Crippen molar-refractivity contribution in [3.63, 3.8) is 0 Å². The van der Waals surface area contributed by atoms with E-state index in [9.17, 15) is 0 Å². The highest BCUT2D eigenvalue weighted by Gasteiger charge is 2.39. The van der Waals surface area contributed by atoms with E-state index in [0.29, 0.717) is 6.61 Å². The maximum Gasteiger partial charge on any atom is 0.161 e. The largest absolute Gasteiger partial charge is 0.493 e. The first-order valence-electron chi connectivity index (χ1n) is 4.88. The highest BCUT2D eigenvalue weighted by atomic mass is 79.9. The predicted octanol–water partition coefficient (Wildman–Crippen LogP) is 2.75. The summed E-state index contributed by atoms with van der Waals surface area (Å²) in [5.74, 6) is 1.48. The Labute approximate surface area is 110 Å². The van der Waals surface area contributed by atoms with Crippen molar-refractivity contribution in [3.8, 4) is 11.5 Å². The van der Waals surface area contributed by atoms with E-state index in [-0.39, 0.29) is 17.9 Å². The summed E-state index contributed by atoms with van der Waals surface area (Å²) in [5, 5.41) is 0. The molecule has 0 heterocycles. The zero-order chi connectivity index (χ0) is 10.9. The molecule has 1 aliphatic carbocycles. The SMILES string of the molecule is COc1cc(Br)ccc1OCC1(N)CC1.Cl. The van der Waals surface area contributed by atoms with Crippen molar-refractivity contribution in [2.24, 2.45) is 5.73 Å². The highest BCUT2D eigenvalue weighted by Crippen LogP contribution is 2.35. The van der Waals surface area contributed by atoms with Gasteiger partial charge in [-0.05, 0) is 31.0 Å². The third-order valence-electron chi connectivity index (χ3n) is 2.53. The molecule has 1 fully saturated rings. The number of hydrogen-bond donors (Lipinski definition) is 1. The van der Waals surface area contributed by atoms with Crippen molar-refractivity contribution in [1.29, 1.82) is 0 Å². The minimum absolute atomic E-state index is 0. The van der Waals surface area contributed by atoms with Gasteiger partial charge in [-0.3, -0.25) is 0 Å². The Morgan fingerprint density at radius 1 is 1.38 bits per heavy atom. The monoisotopic (exact) mass is 307 g/mol. The molecule has 90 valence electrons. The van der Waals surface area contributed by atoms with Gasteiger partial charge in [0.05, 0.1) is 12.6 Å². The smallest absolute Gasteiger partial charge is 0.161 e. The number of nitrogens with two attached hydrogens (primary N) is 1. The molecule has 0 bridgehead atoms. The summed E-state index contributed by atoms with van der Waals surface area (Å²) in [6, 6.07) is 5.69. The average molecular weight is 309 g/mol. The summed E-state index contributed by atoms with van der Waals surface area (Å²) >= 11 is 3.38. The van der Waals surface area contributed by atoms with E-state index in [2.05, 4.69) is 15.9 Å². The highest BCUT2D eigenvalue weighted by molar-refractivity contribution is 9.10. The number of rotatable bonds is 4. The summed E-state index contributed by atoms with van der Waals surface area (Å²) in [5.41, 5.74) is 5.84. The van der Waals surface area contributed by atoms with Crippen LogP contribution in [0.2, 0.25) is 0 Å². The van der Waals surface area contributed by atoms with E-state index in [1.807, 2.05) is 18.2 Å². The maximum absolute atomic E-state index is 5.94. The van der Waals surface area contributed by atoms with E-state index < -0.39 is 0 Å². The van der Waals surface area contributed by atoms with Gasteiger partial charge < -0.3 is 15.2 Å². The fraction of sp³-hybridized carbons (Fsp3) is 0.455. The molecular weight excluding hydrogens is 293 g/mol. The van der Waals surface area contributed by atoms with Crippen molar-refractivity contribution >= 4 is 28.3 Å². The molecule has 0 unspecified atom stereocenters.